The maximum atomic E-state index is 13.0. The Bertz CT molecular complexity index is 1090. The molecule has 0 saturated carbocycles. The van der Waals surface area contributed by atoms with Gasteiger partial charge in [-0.25, -0.2) is 4.90 Å². The van der Waals surface area contributed by atoms with Gasteiger partial charge in [0.1, 0.15) is 18.0 Å². The van der Waals surface area contributed by atoms with E-state index >= 15 is 0 Å². The van der Waals surface area contributed by atoms with Crippen LogP contribution in [0, 0.1) is 0 Å². The fourth-order valence-electron chi connectivity index (χ4n) is 3.45. The van der Waals surface area contributed by atoms with Crippen LogP contribution in [-0.4, -0.2) is 55.6 Å². The third kappa shape index (κ3) is 3.77. The first kappa shape index (κ1) is 20.6. The van der Waals surface area contributed by atoms with Gasteiger partial charge in [-0.3, -0.25) is 19.4 Å². The number of rotatable bonds is 6. The summed E-state index contributed by atoms with van der Waals surface area (Å²) in [5, 5.41) is 12.0. The summed E-state index contributed by atoms with van der Waals surface area (Å²) in [6.45, 7) is -0.252. The first-order valence-electron chi connectivity index (χ1n) is 9.25. The molecule has 2 aliphatic heterocycles. The van der Waals surface area contributed by atoms with E-state index in [-0.39, 0.29) is 11.6 Å². The van der Waals surface area contributed by atoms with E-state index in [9.17, 15) is 14.4 Å². The molecule has 1 saturated heterocycles. The molecular formula is C20H18ClN5O5. The molecule has 3 amide bonds. The van der Waals surface area contributed by atoms with E-state index in [2.05, 4.69) is 15.7 Å². The highest BCUT2D eigenvalue weighted by Gasteiger charge is 2.55. The molecule has 10 nitrogen and oxygen atoms in total. The molecule has 2 aromatic rings. The van der Waals surface area contributed by atoms with Crippen molar-refractivity contribution in [2.24, 2.45) is 10.3 Å². The number of amides is 3. The molecule has 0 aromatic heterocycles. The van der Waals surface area contributed by atoms with Crippen LogP contribution >= 0.6 is 11.6 Å². The fraction of sp³-hybridized carbons (Fsp3) is 0.250. The van der Waals surface area contributed by atoms with Gasteiger partial charge in [-0.2, -0.15) is 5.11 Å². The van der Waals surface area contributed by atoms with E-state index in [1.807, 2.05) is 0 Å². The van der Waals surface area contributed by atoms with E-state index in [0.29, 0.717) is 22.9 Å². The van der Waals surface area contributed by atoms with Gasteiger partial charge >= 0.3 is 0 Å². The van der Waals surface area contributed by atoms with Crippen molar-refractivity contribution in [2.75, 3.05) is 31.0 Å². The van der Waals surface area contributed by atoms with Gasteiger partial charge in [-0.15, -0.1) is 0 Å². The van der Waals surface area contributed by atoms with Crippen LogP contribution in [0.1, 0.15) is 0 Å². The molecule has 0 radical (unpaired) electrons. The summed E-state index contributed by atoms with van der Waals surface area (Å²) in [6, 6.07) is 9.41. The minimum atomic E-state index is -1.02. The second-order valence-corrected chi connectivity index (χ2v) is 7.21. The quantitative estimate of drug-likeness (QED) is 0.685. The molecule has 31 heavy (non-hydrogen) atoms. The molecule has 11 heteroatoms. The first-order valence-corrected chi connectivity index (χ1v) is 9.63. The molecule has 0 bridgehead atoms. The topological polar surface area (TPSA) is 113 Å². The van der Waals surface area contributed by atoms with Crippen LogP contribution in [0.4, 0.5) is 11.4 Å². The van der Waals surface area contributed by atoms with E-state index in [4.69, 9.17) is 21.1 Å². The van der Waals surface area contributed by atoms with Gasteiger partial charge < -0.3 is 14.8 Å². The van der Waals surface area contributed by atoms with Gasteiger partial charge in [-0.1, -0.05) is 22.9 Å². The van der Waals surface area contributed by atoms with Crippen molar-refractivity contribution < 1.29 is 23.9 Å². The van der Waals surface area contributed by atoms with Gasteiger partial charge in [0.15, 0.2) is 12.1 Å². The minimum Gasteiger partial charge on any atom is -0.497 e. The van der Waals surface area contributed by atoms with Crippen molar-refractivity contribution >= 4 is 40.7 Å². The number of ether oxygens (including phenoxy) is 2. The highest BCUT2D eigenvalue weighted by Crippen LogP contribution is 2.35. The molecule has 0 aliphatic carbocycles. The van der Waals surface area contributed by atoms with Crippen molar-refractivity contribution in [3.05, 3.63) is 47.5 Å². The Kier molecular flexibility index (Phi) is 5.47. The third-order valence-corrected chi connectivity index (χ3v) is 5.21. The molecule has 2 aliphatic rings. The van der Waals surface area contributed by atoms with Gasteiger partial charge in [0, 0.05) is 11.8 Å². The summed E-state index contributed by atoms with van der Waals surface area (Å²) in [5.74, 6) is -0.477. The molecule has 1 fully saturated rings. The standard InChI is InChI=1S/C20H18ClN5O5/c1-30-13-5-3-4-11(8-13)22-16(27)10-25-18-17(23-24-25)19(28)26(20(18)29)12-6-7-15(31-2)14(21)9-12/h3-9,17-18H,10H2,1-2H3,(H,22,27)/t17-,18-/m1/s1. The Morgan fingerprint density at radius 3 is 2.65 bits per heavy atom. The van der Waals surface area contributed by atoms with Crippen LogP contribution in [0.3, 0.4) is 0 Å². The average Bonchev–Trinajstić information content (AvgIpc) is 3.27. The Morgan fingerprint density at radius 2 is 1.94 bits per heavy atom. The maximum absolute atomic E-state index is 13.0. The highest BCUT2D eigenvalue weighted by atomic mass is 35.5. The molecule has 2 aromatic carbocycles. The van der Waals surface area contributed by atoms with Crippen LogP contribution in [0.15, 0.2) is 52.8 Å². The number of anilines is 2. The Hall–Kier alpha value is -3.66. The monoisotopic (exact) mass is 443 g/mol. The summed E-state index contributed by atoms with van der Waals surface area (Å²) >= 11 is 6.13. The molecule has 0 spiro atoms. The van der Waals surface area contributed by atoms with Gasteiger partial charge in [0.25, 0.3) is 11.8 Å². The number of carbonyl (C=O) groups excluding carboxylic acids is 3. The highest BCUT2D eigenvalue weighted by molar-refractivity contribution is 6.33. The molecule has 1 N–H and O–H groups in total. The molecule has 2 atom stereocenters. The van der Waals surface area contributed by atoms with E-state index in [1.54, 1.807) is 36.4 Å². The maximum Gasteiger partial charge on any atom is 0.263 e. The molecule has 2 heterocycles. The predicted molar refractivity (Wildman–Crippen MR) is 111 cm³/mol. The number of imide groups is 1. The summed E-state index contributed by atoms with van der Waals surface area (Å²) in [4.78, 5) is 39.3. The Labute approximate surface area is 182 Å². The zero-order valence-electron chi connectivity index (χ0n) is 16.6. The second kappa shape index (κ2) is 8.23. The van der Waals surface area contributed by atoms with Gasteiger partial charge in [-0.05, 0) is 30.3 Å². The Balaban J connectivity index is 1.49. The molecular weight excluding hydrogens is 426 g/mol. The van der Waals surface area contributed by atoms with Crippen LogP contribution < -0.4 is 19.7 Å². The zero-order valence-corrected chi connectivity index (χ0v) is 17.4. The summed E-state index contributed by atoms with van der Waals surface area (Å²) < 4.78 is 10.2. The van der Waals surface area contributed by atoms with Crippen LogP contribution in [0.5, 0.6) is 11.5 Å². The van der Waals surface area contributed by atoms with Crippen LogP contribution in [0.2, 0.25) is 5.02 Å². The SMILES string of the molecule is COc1cccc(NC(=O)CN2N=N[C@H]3C(=O)N(c4ccc(OC)c(Cl)c4)C(=O)[C@@H]32)c1. The van der Waals surface area contributed by atoms with Crippen molar-refractivity contribution in [3.63, 3.8) is 0 Å². The van der Waals surface area contributed by atoms with E-state index in [1.165, 1.54) is 25.3 Å². The Morgan fingerprint density at radius 1 is 1.13 bits per heavy atom. The second-order valence-electron chi connectivity index (χ2n) is 6.80. The number of halogens is 1. The lowest BCUT2D eigenvalue weighted by Gasteiger charge is -2.20. The van der Waals surface area contributed by atoms with E-state index < -0.39 is 29.8 Å². The lowest BCUT2D eigenvalue weighted by atomic mass is 10.1. The lowest BCUT2D eigenvalue weighted by molar-refractivity contribution is -0.123. The first-order chi connectivity index (χ1) is 14.9. The number of methoxy groups -OCH3 is 2. The van der Waals surface area contributed by atoms with Crippen molar-refractivity contribution in [1.29, 1.82) is 0 Å². The van der Waals surface area contributed by atoms with Crippen molar-refractivity contribution in [3.8, 4) is 11.5 Å². The minimum absolute atomic E-state index is 0.252. The zero-order chi connectivity index (χ0) is 22.1. The number of benzene rings is 2. The van der Waals surface area contributed by atoms with Crippen LogP contribution in [-0.2, 0) is 14.4 Å². The summed E-state index contributed by atoms with van der Waals surface area (Å²) in [5.41, 5.74) is 0.826. The molecule has 0 unspecified atom stereocenters. The lowest BCUT2D eigenvalue weighted by Crippen LogP contribution is -2.43. The van der Waals surface area contributed by atoms with E-state index in [0.717, 1.165) is 4.90 Å². The summed E-state index contributed by atoms with van der Waals surface area (Å²) in [7, 11) is 2.99. The smallest absolute Gasteiger partial charge is 0.263 e. The molecule has 160 valence electrons. The fourth-order valence-corrected chi connectivity index (χ4v) is 3.70. The number of hydrogen-bond donors (Lipinski definition) is 1. The van der Waals surface area contributed by atoms with Gasteiger partial charge in [0.2, 0.25) is 5.91 Å². The summed E-state index contributed by atoms with van der Waals surface area (Å²) in [6.07, 6.45) is 0. The third-order valence-electron chi connectivity index (χ3n) is 4.91. The predicted octanol–water partition coefficient (Wildman–Crippen LogP) is 2.29. The normalized spacial score (nSPS) is 19.6. The van der Waals surface area contributed by atoms with Crippen molar-refractivity contribution in [1.82, 2.24) is 5.01 Å². The van der Waals surface area contributed by atoms with Gasteiger partial charge in [0.05, 0.1) is 24.9 Å². The van der Waals surface area contributed by atoms with Crippen molar-refractivity contribution in [2.45, 2.75) is 12.1 Å². The number of fused-ring (bicyclic) bond motifs is 1. The number of hydrogen-bond acceptors (Lipinski definition) is 8. The average molecular weight is 444 g/mol. The molecule has 4 rings (SSSR count). The number of carbonyl (C=O) groups is 3. The largest absolute Gasteiger partial charge is 0.497 e. The number of nitrogens with one attached hydrogen (secondary N) is 1. The number of nitrogens with zero attached hydrogens (tertiary/aromatic N) is 4. The van der Waals surface area contributed by atoms with Crippen LogP contribution in [0.25, 0.3) is 0 Å².